The largest absolute Gasteiger partial charge is 0.345 e. The maximum Gasteiger partial charge on any atom is 0.179 e. The molecule has 2 aromatic rings. The number of benzene rings is 1. The van der Waals surface area contributed by atoms with Gasteiger partial charge in [-0.25, -0.2) is 0 Å². The second-order valence-corrected chi connectivity index (χ2v) is 6.66. The molecule has 0 radical (unpaired) electrons. The molecule has 0 bridgehead atoms. The van der Waals surface area contributed by atoms with Crippen molar-refractivity contribution in [2.75, 3.05) is 6.54 Å². The van der Waals surface area contributed by atoms with E-state index in [4.69, 9.17) is 16.9 Å². The highest BCUT2D eigenvalue weighted by atomic mass is 35.5. The predicted molar refractivity (Wildman–Crippen MR) is 84.2 cm³/mol. The Morgan fingerprint density at radius 3 is 3.00 bits per heavy atom. The number of nitriles is 2. The summed E-state index contributed by atoms with van der Waals surface area (Å²) in [5, 5.41) is 20.5. The summed E-state index contributed by atoms with van der Waals surface area (Å²) in [5.74, 6) is 0.562. The number of hydrogen-bond acceptors (Lipinski definition) is 3. The summed E-state index contributed by atoms with van der Waals surface area (Å²) in [5.41, 5.74) is 3.48. The van der Waals surface area contributed by atoms with Crippen molar-refractivity contribution in [2.45, 2.75) is 31.2 Å². The Kier molecular flexibility index (Phi) is 3.03. The summed E-state index contributed by atoms with van der Waals surface area (Å²) in [4.78, 5) is 5.11. The van der Waals surface area contributed by atoms with Crippen LogP contribution >= 0.6 is 11.6 Å². The molecule has 110 valence electrons. The molecular formula is C17H15ClN4. The summed E-state index contributed by atoms with van der Waals surface area (Å²) in [7, 11) is 0. The van der Waals surface area contributed by atoms with Crippen LogP contribution in [0.15, 0.2) is 18.2 Å². The van der Waals surface area contributed by atoms with Crippen molar-refractivity contribution < 1.29 is 0 Å². The van der Waals surface area contributed by atoms with Crippen molar-refractivity contribution in [1.82, 2.24) is 9.88 Å². The Morgan fingerprint density at radius 2 is 2.23 bits per heavy atom. The van der Waals surface area contributed by atoms with Crippen LogP contribution in [0.25, 0.3) is 10.9 Å². The van der Waals surface area contributed by atoms with Crippen molar-refractivity contribution in [3.63, 3.8) is 0 Å². The second-order valence-electron chi connectivity index (χ2n) is 6.28. The smallest absolute Gasteiger partial charge is 0.179 e. The van der Waals surface area contributed by atoms with Crippen LogP contribution in [0, 0.1) is 28.7 Å². The van der Waals surface area contributed by atoms with Gasteiger partial charge in [0.1, 0.15) is 5.15 Å². The maximum absolute atomic E-state index is 9.53. The average Bonchev–Trinajstić information content (AvgIpc) is 2.85. The fraction of sp³-hybridized carbons (Fsp3) is 0.412. The van der Waals surface area contributed by atoms with Crippen molar-refractivity contribution in [3.05, 3.63) is 34.5 Å². The zero-order valence-corrected chi connectivity index (χ0v) is 12.8. The van der Waals surface area contributed by atoms with E-state index >= 15 is 0 Å². The van der Waals surface area contributed by atoms with E-state index in [1.165, 1.54) is 10.9 Å². The Balaban J connectivity index is 1.86. The average molecular weight is 311 g/mol. The van der Waals surface area contributed by atoms with Crippen LogP contribution in [0.1, 0.15) is 29.9 Å². The molecule has 1 aliphatic heterocycles. The van der Waals surface area contributed by atoms with Gasteiger partial charge in [-0.2, -0.15) is 10.5 Å². The molecule has 1 unspecified atom stereocenters. The van der Waals surface area contributed by atoms with Gasteiger partial charge in [0.2, 0.25) is 0 Å². The predicted octanol–water partition coefficient (Wildman–Crippen LogP) is 3.55. The number of nitrogens with zero attached hydrogens (tertiary/aromatic N) is 3. The first-order valence-electron chi connectivity index (χ1n) is 7.55. The van der Waals surface area contributed by atoms with Crippen molar-refractivity contribution in [2.24, 2.45) is 5.92 Å². The third kappa shape index (κ3) is 1.81. The molecule has 0 saturated carbocycles. The van der Waals surface area contributed by atoms with Gasteiger partial charge in [0.15, 0.2) is 6.19 Å². The fourth-order valence-corrected chi connectivity index (χ4v) is 4.50. The van der Waals surface area contributed by atoms with Gasteiger partial charge in [-0.15, -0.1) is 0 Å². The fourth-order valence-electron chi connectivity index (χ4n) is 4.22. The second kappa shape index (κ2) is 4.93. The van der Waals surface area contributed by atoms with Gasteiger partial charge in [0.05, 0.1) is 12.1 Å². The van der Waals surface area contributed by atoms with E-state index in [1.54, 1.807) is 0 Å². The number of halogens is 1. The molecule has 0 spiro atoms. The topological polar surface area (TPSA) is 66.6 Å². The zero-order valence-electron chi connectivity index (χ0n) is 12.0. The van der Waals surface area contributed by atoms with E-state index in [-0.39, 0.29) is 12.0 Å². The van der Waals surface area contributed by atoms with Crippen LogP contribution in [-0.4, -0.2) is 22.5 Å². The minimum absolute atomic E-state index is 0.159. The highest BCUT2D eigenvalue weighted by Gasteiger charge is 2.41. The molecule has 5 heteroatoms. The number of H-pyrrole nitrogens is 1. The lowest BCUT2D eigenvalue weighted by Crippen LogP contribution is -2.47. The molecule has 22 heavy (non-hydrogen) atoms. The van der Waals surface area contributed by atoms with E-state index in [2.05, 4.69) is 23.3 Å². The third-order valence-electron chi connectivity index (χ3n) is 5.14. The minimum Gasteiger partial charge on any atom is -0.345 e. The summed E-state index contributed by atoms with van der Waals surface area (Å²) < 4.78 is 0. The molecule has 4 rings (SSSR count). The van der Waals surface area contributed by atoms with E-state index in [0.29, 0.717) is 24.0 Å². The number of aromatic nitrogens is 1. The number of aromatic amines is 1. The summed E-state index contributed by atoms with van der Waals surface area (Å²) in [6.07, 6.45) is 4.62. The van der Waals surface area contributed by atoms with Crippen molar-refractivity contribution in [3.8, 4) is 12.3 Å². The molecule has 1 N–H and O–H groups in total. The van der Waals surface area contributed by atoms with Crippen LogP contribution in [0.4, 0.5) is 0 Å². The van der Waals surface area contributed by atoms with Gasteiger partial charge >= 0.3 is 0 Å². The summed E-state index contributed by atoms with van der Waals surface area (Å²) in [6, 6.07) is 8.66. The molecule has 1 fully saturated rings. The van der Waals surface area contributed by atoms with Crippen LogP contribution < -0.4 is 0 Å². The van der Waals surface area contributed by atoms with Crippen LogP contribution in [0.5, 0.6) is 0 Å². The first kappa shape index (κ1) is 13.5. The minimum atomic E-state index is 0.159. The van der Waals surface area contributed by atoms with E-state index in [1.807, 2.05) is 17.0 Å². The van der Waals surface area contributed by atoms with E-state index in [0.717, 1.165) is 23.9 Å². The quantitative estimate of drug-likeness (QED) is 0.819. The lowest BCUT2D eigenvalue weighted by molar-refractivity contribution is 0.143. The number of hydrogen-bond donors (Lipinski definition) is 1. The molecule has 1 aromatic carbocycles. The lowest BCUT2D eigenvalue weighted by atomic mass is 9.72. The normalized spacial score (nSPS) is 26.3. The number of piperidine rings is 1. The number of rotatable bonds is 1. The Hall–Kier alpha value is -2.17. The van der Waals surface area contributed by atoms with Gasteiger partial charge in [-0.3, -0.25) is 0 Å². The van der Waals surface area contributed by atoms with E-state index in [9.17, 15) is 5.26 Å². The number of fused-ring (bicyclic) bond motifs is 2. The molecule has 2 heterocycles. The summed E-state index contributed by atoms with van der Waals surface area (Å²) in [6.45, 7) is 0.679. The van der Waals surface area contributed by atoms with Crippen LogP contribution in [-0.2, 0) is 6.42 Å². The monoisotopic (exact) mass is 310 g/mol. The van der Waals surface area contributed by atoms with E-state index < -0.39 is 0 Å². The number of likely N-dealkylation sites (tertiary alicyclic amines) is 1. The molecule has 1 aliphatic carbocycles. The standard InChI is InChI=1S/C17H15ClN4/c18-17-13-7-15-12(6-10(4-5-19)8-22(15)9-20)11-2-1-3-14(21-17)16(11)13/h1-3,10,12,15,21H,4,6-8H2/t10?,12-,15-/m1/s1. The Bertz CT molecular complexity index is 826. The van der Waals surface area contributed by atoms with Gasteiger partial charge in [-0.05, 0) is 36.0 Å². The van der Waals surface area contributed by atoms with Crippen molar-refractivity contribution >= 4 is 22.5 Å². The van der Waals surface area contributed by atoms with Crippen molar-refractivity contribution in [1.29, 1.82) is 10.5 Å². The number of nitrogens with one attached hydrogen (secondary N) is 1. The third-order valence-corrected chi connectivity index (χ3v) is 5.46. The molecule has 2 aliphatic rings. The highest BCUT2D eigenvalue weighted by Crippen LogP contribution is 2.46. The van der Waals surface area contributed by atoms with Crippen LogP contribution in [0.2, 0.25) is 5.15 Å². The molecule has 1 saturated heterocycles. The van der Waals surface area contributed by atoms with Crippen LogP contribution in [0.3, 0.4) is 0 Å². The van der Waals surface area contributed by atoms with Gasteiger partial charge in [0, 0.05) is 29.8 Å². The molecule has 3 atom stereocenters. The highest BCUT2D eigenvalue weighted by molar-refractivity contribution is 6.32. The first-order valence-corrected chi connectivity index (χ1v) is 7.93. The van der Waals surface area contributed by atoms with Gasteiger partial charge < -0.3 is 9.88 Å². The molecular weight excluding hydrogens is 296 g/mol. The Morgan fingerprint density at radius 1 is 1.36 bits per heavy atom. The maximum atomic E-state index is 9.53. The molecule has 4 nitrogen and oxygen atoms in total. The SMILES string of the molecule is N#CCC1C[C@@H]2c3cccc4[nH]c(Cl)c(c34)C[C@H]2N(C#N)C1. The van der Waals surface area contributed by atoms with Gasteiger partial charge in [-0.1, -0.05) is 23.7 Å². The first-order chi connectivity index (χ1) is 10.7. The molecule has 0 amide bonds. The van der Waals surface area contributed by atoms with Gasteiger partial charge in [0.25, 0.3) is 0 Å². The Labute approximate surface area is 133 Å². The zero-order chi connectivity index (χ0) is 15.3. The summed E-state index contributed by atoms with van der Waals surface area (Å²) >= 11 is 6.37. The lowest BCUT2D eigenvalue weighted by Gasteiger charge is -2.44. The molecule has 1 aromatic heterocycles.